The Bertz CT molecular complexity index is 3500. The molecule has 0 bridgehead atoms. The summed E-state index contributed by atoms with van der Waals surface area (Å²) in [6.07, 6.45) is 1.97. The Labute approximate surface area is 317 Å². The quantitative estimate of drug-likeness (QED) is 0.132. The third-order valence-electron chi connectivity index (χ3n) is 11.9. The summed E-state index contributed by atoms with van der Waals surface area (Å²) in [5, 5.41) is 18.5. The smallest absolute Gasteiger partial charge is 0.142 e. The van der Waals surface area contributed by atoms with E-state index in [2.05, 4.69) is 188 Å². The normalized spacial score (nSPS) is 12.0. The first-order valence-electron chi connectivity index (χ1n) is 19.0. The van der Waals surface area contributed by atoms with Crippen LogP contribution in [0.2, 0.25) is 0 Å². The lowest BCUT2D eigenvalue weighted by Gasteiger charge is -2.20. The zero-order chi connectivity index (χ0) is 36.0. The van der Waals surface area contributed by atoms with E-state index in [9.17, 15) is 0 Å². The third-order valence-corrected chi connectivity index (χ3v) is 11.9. The summed E-state index contributed by atoms with van der Waals surface area (Å²) in [5.74, 6) is 0. The van der Waals surface area contributed by atoms with Gasteiger partial charge in [-0.25, -0.2) is 0 Å². The Morgan fingerprint density at radius 3 is 1.56 bits per heavy atom. The van der Waals surface area contributed by atoms with Gasteiger partial charge in [-0.05, 0) is 122 Å². The van der Waals surface area contributed by atoms with E-state index in [4.69, 9.17) is 4.42 Å². The van der Waals surface area contributed by atoms with Crippen molar-refractivity contribution in [1.82, 2.24) is 0 Å². The number of fused-ring (bicyclic) bond motifs is 13. The van der Waals surface area contributed by atoms with Crippen LogP contribution in [0.1, 0.15) is 0 Å². The van der Waals surface area contributed by atoms with E-state index in [0.717, 1.165) is 27.5 Å². The maximum absolute atomic E-state index is 6.56. The molecule has 1 aromatic heterocycles. The molecule has 0 atom stereocenters. The van der Waals surface area contributed by atoms with E-state index < -0.39 is 0 Å². The van der Waals surface area contributed by atoms with Gasteiger partial charge in [-0.2, -0.15) is 0 Å². The molecule has 0 unspecified atom stereocenters. The van der Waals surface area contributed by atoms with Crippen molar-refractivity contribution in [3.8, 4) is 33.4 Å². The Hall–Kier alpha value is -7.22. The number of hydrogen-bond acceptors (Lipinski definition) is 1. The highest BCUT2D eigenvalue weighted by molar-refractivity contribution is 6.29. The first kappa shape index (κ1) is 30.3. The average molecular weight is 697 g/mol. The van der Waals surface area contributed by atoms with Gasteiger partial charge in [0.05, 0.1) is 6.26 Å². The zero-order valence-corrected chi connectivity index (χ0v) is 29.9. The van der Waals surface area contributed by atoms with E-state index in [1.165, 1.54) is 92.3 Å². The third kappa shape index (κ3) is 4.41. The van der Waals surface area contributed by atoms with Gasteiger partial charge in [0.2, 0.25) is 0 Å². The van der Waals surface area contributed by atoms with E-state index in [1.807, 2.05) is 6.26 Å². The number of furan rings is 1. The largest absolute Gasteiger partial charge is 0.463 e. The second-order valence-electron chi connectivity index (χ2n) is 14.7. The maximum Gasteiger partial charge on any atom is 0.142 e. The van der Waals surface area contributed by atoms with Crippen LogP contribution in [-0.4, -0.2) is 0 Å². The molecule has 12 aromatic rings. The summed E-state index contributed by atoms with van der Waals surface area (Å²) in [6, 6.07) is 69.1. The molecular formula is C54H32O. The molecule has 1 nitrogen and oxygen atoms in total. The molecule has 0 aliphatic carbocycles. The van der Waals surface area contributed by atoms with Gasteiger partial charge in [-0.3, -0.25) is 0 Å². The maximum atomic E-state index is 6.56. The second kappa shape index (κ2) is 11.6. The molecule has 0 saturated heterocycles. The fourth-order valence-electron chi connectivity index (χ4n) is 9.43. The fourth-order valence-corrected chi connectivity index (χ4v) is 9.43. The highest BCUT2D eigenvalue weighted by Crippen LogP contribution is 2.48. The SMILES string of the molecule is c1ccc(-c2coc3c2ccc2c4ccccc4ccc23)c(-c2c(-c3cccc4c5ccccc5c5ccccc5c34)ccc3cc4ccccc4cc23)c1. The molecule has 12 rings (SSSR count). The lowest BCUT2D eigenvalue weighted by Crippen LogP contribution is -1.93. The second-order valence-corrected chi connectivity index (χ2v) is 14.7. The summed E-state index contributed by atoms with van der Waals surface area (Å²) in [6.45, 7) is 0. The van der Waals surface area contributed by atoms with Crippen LogP contribution in [0.5, 0.6) is 0 Å². The first-order chi connectivity index (χ1) is 27.3. The van der Waals surface area contributed by atoms with Crippen molar-refractivity contribution in [2.45, 2.75) is 0 Å². The summed E-state index contributed by atoms with van der Waals surface area (Å²) >= 11 is 0. The molecule has 0 amide bonds. The molecule has 0 fully saturated rings. The minimum atomic E-state index is 0.921. The number of benzene rings is 11. The summed E-state index contributed by atoms with van der Waals surface area (Å²) in [7, 11) is 0. The molecule has 1 heterocycles. The van der Waals surface area contributed by atoms with Gasteiger partial charge >= 0.3 is 0 Å². The monoisotopic (exact) mass is 696 g/mol. The van der Waals surface area contributed by atoms with Crippen molar-refractivity contribution < 1.29 is 4.42 Å². The summed E-state index contributed by atoms with van der Waals surface area (Å²) < 4.78 is 6.56. The van der Waals surface area contributed by atoms with E-state index in [-0.39, 0.29) is 0 Å². The van der Waals surface area contributed by atoms with Crippen LogP contribution in [0.25, 0.3) is 120 Å². The molecule has 0 aliphatic rings. The predicted octanol–water partition coefficient (Wildman–Crippen LogP) is 15.5. The van der Waals surface area contributed by atoms with E-state index in [0.29, 0.717) is 0 Å². The standard InChI is InChI=1S/C54H32O/c1-2-14-35-31-50-36(30-34(35)13-1)25-26-47(46-23-11-22-45-40-17-6-5-16-38(40)39-18-7-9-20-43(39)52(45)46)53(50)44-21-10-8-19-41(44)51-32-55-54-48-27-24-33-12-3-4-15-37(33)42(48)28-29-49(51)54/h1-32H. The highest BCUT2D eigenvalue weighted by Gasteiger charge is 2.22. The van der Waals surface area contributed by atoms with Gasteiger partial charge in [0, 0.05) is 16.3 Å². The zero-order valence-electron chi connectivity index (χ0n) is 29.9. The highest BCUT2D eigenvalue weighted by atomic mass is 16.3. The minimum Gasteiger partial charge on any atom is -0.463 e. The number of hydrogen-bond donors (Lipinski definition) is 0. The fraction of sp³-hybridized carbons (Fsp3) is 0. The van der Waals surface area contributed by atoms with Gasteiger partial charge < -0.3 is 4.42 Å². The van der Waals surface area contributed by atoms with Crippen LogP contribution in [0.15, 0.2) is 199 Å². The average Bonchev–Trinajstić information content (AvgIpc) is 3.70. The van der Waals surface area contributed by atoms with E-state index in [1.54, 1.807) is 0 Å². The van der Waals surface area contributed by atoms with Gasteiger partial charge in [0.25, 0.3) is 0 Å². The van der Waals surface area contributed by atoms with Gasteiger partial charge in [0.15, 0.2) is 0 Å². The molecule has 11 aromatic carbocycles. The Kier molecular flexibility index (Phi) is 6.40. The molecular weight excluding hydrogens is 665 g/mol. The predicted molar refractivity (Wildman–Crippen MR) is 235 cm³/mol. The first-order valence-corrected chi connectivity index (χ1v) is 19.0. The van der Waals surface area contributed by atoms with Crippen molar-refractivity contribution in [3.05, 3.63) is 194 Å². The molecule has 0 saturated carbocycles. The van der Waals surface area contributed by atoms with Crippen LogP contribution in [0.3, 0.4) is 0 Å². The lowest BCUT2D eigenvalue weighted by molar-refractivity contribution is 0.620. The molecule has 55 heavy (non-hydrogen) atoms. The number of rotatable bonds is 3. The minimum absolute atomic E-state index is 0.921. The van der Waals surface area contributed by atoms with Crippen molar-refractivity contribution in [1.29, 1.82) is 0 Å². The van der Waals surface area contributed by atoms with Gasteiger partial charge in [0.1, 0.15) is 5.58 Å². The molecule has 0 N–H and O–H groups in total. The summed E-state index contributed by atoms with van der Waals surface area (Å²) in [4.78, 5) is 0. The van der Waals surface area contributed by atoms with Crippen molar-refractivity contribution in [3.63, 3.8) is 0 Å². The molecule has 0 spiro atoms. The van der Waals surface area contributed by atoms with Gasteiger partial charge in [-0.1, -0.05) is 164 Å². The van der Waals surface area contributed by atoms with Crippen molar-refractivity contribution in [2.24, 2.45) is 0 Å². The van der Waals surface area contributed by atoms with Crippen LogP contribution in [-0.2, 0) is 0 Å². The van der Waals surface area contributed by atoms with Gasteiger partial charge in [-0.15, -0.1) is 0 Å². The molecule has 0 radical (unpaired) electrons. The molecule has 254 valence electrons. The van der Waals surface area contributed by atoms with Crippen molar-refractivity contribution >= 4 is 86.4 Å². The van der Waals surface area contributed by atoms with Crippen molar-refractivity contribution in [2.75, 3.05) is 0 Å². The summed E-state index contributed by atoms with van der Waals surface area (Å²) in [5.41, 5.74) is 8.02. The topological polar surface area (TPSA) is 13.1 Å². The molecule has 1 heteroatoms. The van der Waals surface area contributed by atoms with Crippen LogP contribution < -0.4 is 0 Å². The Morgan fingerprint density at radius 2 is 0.782 bits per heavy atom. The Morgan fingerprint density at radius 1 is 0.255 bits per heavy atom. The van der Waals surface area contributed by atoms with E-state index >= 15 is 0 Å². The molecule has 0 aliphatic heterocycles. The lowest BCUT2D eigenvalue weighted by atomic mass is 9.83. The Balaban J connectivity index is 1.19. The van der Waals surface area contributed by atoms with Crippen LogP contribution in [0, 0.1) is 0 Å². The van der Waals surface area contributed by atoms with Crippen LogP contribution >= 0.6 is 0 Å². The van der Waals surface area contributed by atoms with Crippen LogP contribution in [0.4, 0.5) is 0 Å².